The maximum absolute atomic E-state index is 13.5. The van der Waals surface area contributed by atoms with Crippen molar-refractivity contribution >= 4 is 5.95 Å². The molecule has 7 heteroatoms. The summed E-state index contributed by atoms with van der Waals surface area (Å²) in [6, 6.07) is 3.10. The molecule has 0 radical (unpaired) electrons. The van der Waals surface area contributed by atoms with Crippen LogP contribution in [0, 0.1) is 5.95 Å². The smallest absolute Gasteiger partial charge is 0.327 e. The molecule has 0 aromatic carbocycles. The third-order valence-corrected chi connectivity index (χ3v) is 2.46. The van der Waals surface area contributed by atoms with Crippen molar-refractivity contribution in [1.29, 1.82) is 0 Å². The number of hydrogen-bond acceptors (Lipinski definition) is 6. The molecule has 20 heavy (non-hydrogen) atoms. The van der Waals surface area contributed by atoms with Crippen LogP contribution in [0.25, 0.3) is 0 Å². The van der Waals surface area contributed by atoms with Crippen LogP contribution in [0.1, 0.15) is 25.6 Å². The predicted octanol–water partition coefficient (Wildman–Crippen LogP) is 2.39. The zero-order valence-corrected chi connectivity index (χ0v) is 11.8. The van der Waals surface area contributed by atoms with Crippen molar-refractivity contribution in [3.63, 3.8) is 0 Å². The number of aromatic nitrogens is 4. The van der Waals surface area contributed by atoms with Crippen molar-refractivity contribution < 1.29 is 9.13 Å². The summed E-state index contributed by atoms with van der Waals surface area (Å²) in [6.45, 7) is 3.92. The van der Waals surface area contributed by atoms with Gasteiger partial charge in [-0.2, -0.15) is 19.3 Å². The average Bonchev–Trinajstić information content (AvgIpc) is 2.41. The maximum Gasteiger partial charge on any atom is 0.327 e. The van der Waals surface area contributed by atoms with E-state index >= 15 is 0 Å². The van der Waals surface area contributed by atoms with Gasteiger partial charge in [-0.3, -0.25) is 0 Å². The topological polar surface area (TPSA) is 64.0 Å². The Bertz CT molecular complexity index is 577. The van der Waals surface area contributed by atoms with Gasteiger partial charge in [-0.05, 0) is 12.1 Å². The highest BCUT2D eigenvalue weighted by molar-refractivity contribution is 5.30. The van der Waals surface area contributed by atoms with Crippen LogP contribution in [0.15, 0.2) is 18.3 Å². The monoisotopic (exact) mass is 277 g/mol. The Kier molecular flexibility index (Phi) is 4.07. The molecule has 0 atom stereocenters. The van der Waals surface area contributed by atoms with Crippen LogP contribution in [0.4, 0.5) is 10.3 Å². The number of nitrogens with zero attached hydrogens (tertiary/aromatic N) is 5. The largest absolute Gasteiger partial charge is 0.419 e. The van der Waals surface area contributed by atoms with Crippen molar-refractivity contribution in [1.82, 2.24) is 19.9 Å². The van der Waals surface area contributed by atoms with Crippen LogP contribution in [-0.4, -0.2) is 34.0 Å². The molecule has 0 saturated carbocycles. The van der Waals surface area contributed by atoms with Crippen molar-refractivity contribution in [2.24, 2.45) is 0 Å². The number of halogens is 1. The van der Waals surface area contributed by atoms with Gasteiger partial charge in [-0.25, -0.2) is 4.98 Å². The van der Waals surface area contributed by atoms with Gasteiger partial charge in [0.1, 0.15) is 5.82 Å². The molecule has 0 fully saturated rings. The molecule has 0 amide bonds. The lowest BCUT2D eigenvalue weighted by atomic mass is 10.2. The lowest BCUT2D eigenvalue weighted by Crippen LogP contribution is -2.15. The third kappa shape index (κ3) is 3.17. The molecule has 0 aliphatic heterocycles. The lowest BCUT2D eigenvalue weighted by molar-refractivity contribution is 0.396. The fourth-order valence-electron chi connectivity index (χ4n) is 1.41. The Morgan fingerprint density at radius 1 is 1.20 bits per heavy atom. The van der Waals surface area contributed by atoms with E-state index in [2.05, 4.69) is 19.9 Å². The van der Waals surface area contributed by atoms with Gasteiger partial charge in [0.15, 0.2) is 5.75 Å². The molecule has 0 bridgehead atoms. The zero-order valence-electron chi connectivity index (χ0n) is 11.8. The van der Waals surface area contributed by atoms with E-state index in [1.54, 1.807) is 11.0 Å². The molecule has 106 valence electrons. The molecule has 0 unspecified atom stereocenters. The fraction of sp³-hybridized carbons (Fsp3) is 0.385. The summed E-state index contributed by atoms with van der Waals surface area (Å²) in [6.07, 6.45) is 1.35. The van der Waals surface area contributed by atoms with Crippen LogP contribution in [0.5, 0.6) is 11.8 Å². The standard InChI is InChI=1S/C13H16FN5O/c1-8(2)11-16-12(19(3)4)18-13(17-11)20-9-6-5-7-15-10(9)14/h5-8H,1-4H3. The second-order valence-electron chi connectivity index (χ2n) is 4.72. The molecule has 0 N–H and O–H groups in total. The molecule has 0 saturated heterocycles. The minimum Gasteiger partial charge on any atom is -0.419 e. The molecule has 0 aliphatic carbocycles. The van der Waals surface area contributed by atoms with Gasteiger partial charge in [0, 0.05) is 26.2 Å². The molecule has 2 heterocycles. The van der Waals surface area contributed by atoms with Gasteiger partial charge >= 0.3 is 6.01 Å². The van der Waals surface area contributed by atoms with E-state index < -0.39 is 5.95 Å². The SMILES string of the molecule is CC(C)c1nc(Oc2cccnc2F)nc(N(C)C)n1. The molecule has 2 aromatic heterocycles. The molecular weight excluding hydrogens is 261 g/mol. The third-order valence-electron chi connectivity index (χ3n) is 2.46. The maximum atomic E-state index is 13.5. The van der Waals surface area contributed by atoms with Crippen molar-refractivity contribution in [3.05, 3.63) is 30.1 Å². The van der Waals surface area contributed by atoms with Crippen LogP contribution in [0.2, 0.25) is 0 Å². The number of pyridine rings is 1. The molecular formula is C13H16FN5O. The normalized spacial score (nSPS) is 10.7. The molecule has 2 rings (SSSR count). The fourth-order valence-corrected chi connectivity index (χ4v) is 1.41. The van der Waals surface area contributed by atoms with Crippen molar-refractivity contribution in [2.75, 3.05) is 19.0 Å². The first-order valence-corrected chi connectivity index (χ1v) is 6.19. The van der Waals surface area contributed by atoms with Gasteiger partial charge in [0.2, 0.25) is 5.95 Å². The summed E-state index contributed by atoms with van der Waals surface area (Å²) in [5.74, 6) is 0.437. The molecule has 0 spiro atoms. The first-order valence-electron chi connectivity index (χ1n) is 6.19. The highest BCUT2D eigenvalue weighted by atomic mass is 19.1. The van der Waals surface area contributed by atoms with Crippen molar-refractivity contribution in [2.45, 2.75) is 19.8 Å². The Morgan fingerprint density at radius 2 is 1.95 bits per heavy atom. The van der Waals surface area contributed by atoms with Gasteiger partial charge in [0.05, 0.1) is 0 Å². The summed E-state index contributed by atoms with van der Waals surface area (Å²) < 4.78 is 18.8. The predicted molar refractivity (Wildman–Crippen MR) is 72.5 cm³/mol. The minimum absolute atomic E-state index is 0.0156. The van der Waals surface area contributed by atoms with Crippen molar-refractivity contribution in [3.8, 4) is 11.8 Å². The van der Waals surface area contributed by atoms with Gasteiger partial charge in [0.25, 0.3) is 5.95 Å². The van der Waals surface area contributed by atoms with E-state index in [0.29, 0.717) is 11.8 Å². The summed E-state index contributed by atoms with van der Waals surface area (Å²) in [5, 5.41) is 0. The lowest BCUT2D eigenvalue weighted by Gasteiger charge is -2.14. The van der Waals surface area contributed by atoms with Crippen LogP contribution < -0.4 is 9.64 Å². The molecule has 0 aliphatic rings. The Morgan fingerprint density at radius 3 is 2.55 bits per heavy atom. The number of ether oxygens (including phenoxy) is 1. The van der Waals surface area contributed by atoms with E-state index in [9.17, 15) is 4.39 Å². The van der Waals surface area contributed by atoms with E-state index in [1.807, 2.05) is 27.9 Å². The first-order chi connectivity index (χ1) is 9.47. The number of anilines is 1. The Labute approximate surface area is 116 Å². The minimum atomic E-state index is -0.703. The number of rotatable bonds is 4. The quantitative estimate of drug-likeness (QED) is 0.799. The van der Waals surface area contributed by atoms with E-state index in [4.69, 9.17) is 4.74 Å². The van der Waals surface area contributed by atoms with Crippen LogP contribution in [-0.2, 0) is 0 Å². The summed E-state index contributed by atoms with van der Waals surface area (Å²) in [4.78, 5) is 17.9. The average molecular weight is 277 g/mol. The highest BCUT2D eigenvalue weighted by Gasteiger charge is 2.14. The van der Waals surface area contributed by atoms with Crippen LogP contribution >= 0.6 is 0 Å². The van der Waals surface area contributed by atoms with E-state index in [-0.39, 0.29) is 17.7 Å². The second-order valence-corrected chi connectivity index (χ2v) is 4.72. The first kappa shape index (κ1) is 14.1. The Hall–Kier alpha value is -2.31. The van der Waals surface area contributed by atoms with Gasteiger partial charge < -0.3 is 9.64 Å². The number of hydrogen-bond donors (Lipinski definition) is 0. The van der Waals surface area contributed by atoms with E-state index in [1.165, 1.54) is 12.3 Å². The van der Waals surface area contributed by atoms with E-state index in [0.717, 1.165) is 0 Å². The van der Waals surface area contributed by atoms with Crippen LogP contribution in [0.3, 0.4) is 0 Å². The molecule has 6 nitrogen and oxygen atoms in total. The second kappa shape index (κ2) is 5.77. The summed E-state index contributed by atoms with van der Waals surface area (Å²) in [5.41, 5.74) is 0. The summed E-state index contributed by atoms with van der Waals surface area (Å²) >= 11 is 0. The van der Waals surface area contributed by atoms with Gasteiger partial charge in [-0.1, -0.05) is 13.8 Å². The highest BCUT2D eigenvalue weighted by Crippen LogP contribution is 2.22. The Balaban J connectivity index is 2.38. The zero-order chi connectivity index (χ0) is 14.7. The molecule has 2 aromatic rings. The van der Waals surface area contributed by atoms with Gasteiger partial charge in [-0.15, -0.1) is 0 Å². The summed E-state index contributed by atoms with van der Waals surface area (Å²) in [7, 11) is 3.63.